The highest BCUT2D eigenvalue weighted by atomic mass is 16.2. The van der Waals surface area contributed by atoms with Crippen LogP contribution in [0, 0.1) is 11.3 Å². The summed E-state index contributed by atoms with van der Waals surface area (Å²) in [6.07, 6.45) is 3.01. The van der Waals surface area contributed by atoms with Gasteiger partial charge in [-0.2, -0.15) is 0 Å². The number of nitrogens with two attached hydrogens (primary N) is 1. The van der Waals surface area contributed by atoms with Crippen LogP contribution in [0.2, 0.25) is 0 Å². The third kappa shape index (κ3) is 2.51. The quantitative estimate of drug-likeness (QED) is 0.772. The van der Waals surface area contributed by atoms with Crippen molar-refractivity contribution in [3.05, 3.63) is 0 Å². The lowest BCUT2D eigenvalue weighted by Crippen LogP contribution is -2.48. The molecule has 15 heavy (non-hydrogen) atoms. The van der Waals surface area contributed by atoms with E-state index in [9.17, 15) is 4.79 Å². The number of hydrogen-bond donors (Lipinski definition) is 1. The molecule has 2 atom stereocenters. The van der Waals surface area contributed by atoms with Crippen LogP contribution in [-0.4, -0.2) is 30.4 Å². The Balaban J connectivity index is 2.66. The molecule has 1 fully saturated rings. The molecule has 3 nitrogen and oxygen atoms in total. The van der Waals surface area contributed by atoms with Crippen LogP contribution in [0.1, 0.15) is 40.0 Å². The van der Waals surface area contributed by atoms with Crippen molar-refractivity contribution >= 4 is 5.91 Å². The Morgan fingerprint density at radius 2 is 2.20 bits per heavy atom. The van der Waals surface area contributed by atoms with E-state index in [1.165, 1.54) is 0 Å². The van der Waals surface area contributed by atoms with Crippen LogP contribution in [0.25, 0.3) is 0 Å². The standard InChI is InChI=1S/C12H24N2O/c1-9(2)8-14(4)11(15)12(3)7-5-6-10(12)13/h9-10H,5-8,13H2,1-4H3. The summed E-state index contributed by atoms with van der Waals surface area (Å²) in [5.41, 5.74) is 5.72. The van der Waals surface area contributed by atoms with Crippen molar-refractivity contribution in [1.82, 2.24) is 4.90 Å². The second-order valence-corrected chi connectivity index (χ2v) is 5.50. The van der Waals surface area contributed by atoms with Crippen molar-refractivity contribution in [1.29, 1.82) is 0 Å². The van der Waals surface area contributed by atoms with Gasteiger partial charge in [-0.1, -0.05) is 20.3 Å². The van der Waals surface area contributed by atoms with Crippen LogP contribution in [0.4, 0.5) is 0 Å². The normalized spacial score (nSPS) is 30.9. The Morgan fingerprint density at radius 3 is 2.60 bits per heavy atom. The zero-order valence-corrected chi connectivity index (χ0v) is 10.4. The van der Waals surface area contributed by atoms with Crippen molar-refractivity contribution in [2.24, 2.45) is 17.1 Å². The minimum atomic E-state index is -0.316. The molecule has 0 aromatic rings. The SMILES string of the molecule is CC(C)CN(C)C(=O)C1(C)CCCC1N. The van der Waals surface area contributed by atoms with Crippen molar-refractivity contribution in [2.75, 3.05) is 13.6 Å². The molecule has 1 saturated carbocycles. The minimum Gasteiger partial charge on any atom is -0.345 e. The molecule has 3 heteroatoms. The molecule has 0 aliphatic heterocycles. The van der Waals surface area contributed by atoms with E-state index in [4.69, 9.17) is 5.73 Å². The fourth-order valence-corrected chi connectivity index (χ4v) is 2.53. The van der Waals surface area contributed by atoms with E-state index >= 15 is 0 Å². The van der Waals surface area contributed by atoms with Crippen LogP contribution in [0.15, 0.2) is 0 Å². The lowest BCUT2D eigenvalue weighted by Gasteiger charge is -2.33. The van der Waals surface area contributed by atoms with Crippen LogP contribution < -0.4 is 5.73 Å². The third-order valence-electron chi connectivity index (χ3n) is 3.50. The second-order valence-electron chi connectivity index (χ2n) is 5.50. The average Bonchev–Trinajstić information content (AvgIpc) is 2.46. The molecule has 0 spiro atoms. The van der Waals surface area contributed by atoms with Crippen molar-refractivity contribution in [3.8, 4) is 0 Å². The Morgan fingerprint density at radius 1 is 1.60 bits per heavy atom. The summed E-state index contributed by atoms with van der Waals surface area (Å²) >= 11 is 0. The molecule has 1 aliphatic rings. The first-order valence-electron chi connectivity index (χ1n) is 5.89. The summed E-state index contributed by atoms with van der Waals surface area (Å²) in [7, 11) is 1.89. The van der Waals surface area contributed by atoms with E-state index in [-0.39, 0.29) is 17.4 Å². The molecular formula is C12H24N2O. The van der Waals surface area contributed by atoms with Gasteiger partial charge in [0.25, 0.3) is 0 Å². The maximum atomic E-state index is 12.3. The molecular weight excluding hydrogens is 188 g/mol. The van der Waals surface area contributed by atoms with E-state index in [1.54, 1.807) is 0 Å². The molecule has 2 N–H and O–H groups in total. The van der Waals surface area contributed by atoms with Crippen molar-refractivity contribution in [2.45, 2.75) is 46.1 Å². The molecule has 1 rings (SSSR count). The highest BCUT2D eigenvalue weighted by Gasteiger charge is 2.44. The first kappa shape index (κ1) is 12.5. The van der Waals surface area contributed by atoms with Gasteiger partial charge in [-0.15, -0.1) is 0 Å². The molecule has 2 unspecified atom stereocenters. The second kappa shape index (κ2) is 4.52. The van der Waals surface area contributed by atoms with E-state index in [0.29, 0.717) is 5.92 Å². The molecule has 1 amide bonds. The topological polar surface area (TPSA) is 46.3 Å². The Bertz CT molecular complexity index is 240. The molecule has 1 aliphatic carbocycles. The Kier molecular flexibility index (Phi) is 3.77. The largest absolute Gasteiger partial charge is 0.345 e. The first-order chi connectivity index (χ1) is 6.88. The predicted molar refractivity (Wildman–Crippen MR) is 62.4 cm³/mol. The van der Waals surface area contributed by atoms with Gasteiger partial charge in [-0.25, -0.2) is 0 Å². The summed E-state index contributed by atoms with van der Waals surface area (Å²) in [6.45, 7) is 7.09. The van der Waals surface area contributed by atoms with E-state index in [0.717, 1.165) is 25.8 Å². The monoisotopic (exact) mass is 212 g/mol. The number of carbonyl (C=O) groups is 1. The number of hydrogen-bond acceptors (Lipinski definition) is 2. The first-order valence-corrected chi connectivity index (χ1v) is 5.89. The van der Waals surface area contributed by atoms with Gasteiger partial charge >= 0.3 is 0 Å². The van der Waals surface area contributed by atoms with Gasteiger partial charge in [0.15, 0.2) is 0 Å². The van der Waals surface area contributed by atoms with Crippen LogP contribution in [-0.2, 0) is 4.79 Å². The number of nitrogens with zero attached hydrogens (tertiary/aromatic N) is 1. The average molecular weight is 212 g/mol. The van der Waals surface area contributed by atoms with E-state index in [1.807, 2.05) is 18.9 Å². The number of rotatable bonds is 3. The molecule has 88 valence electrons. The van der Waals surface area contributed by atoms with Gasteiger partial charge in [0.1, 0.15) is 0 Å². The number of amides is 1. The summed E-state index contributed by atoms with van der Waals surface area (Å²) in [6, 6.07) is 0.0413. The van der Waals surface area contributed by atoms with Crippen molar-refractivity contribution in [3.63, 3.8) is 0 Å². The minimum absolute atomic E-state index is 0.0413. The Labute approximate surface area is 93.0 Å². The zero-order valence-electron chi connectivity index (χ0n) is 10.4. The third-order valence-corrected chi connectivity index (χ3v) is 3.50. The zero-order chi connectivity index (χ0) is 11.6. The fraction of sp³-hybridized carbons (Fsp3) is 0.917. The molecule has 0 radical (unpaired) electrons. The van der Waals surface area contributed by atoms with E-state index < -0.39 is 0 Å². The molecule has 0 heterocycles. The van der Waals surface area contributed by atoms with Crippen LogP contribution in [0.3, 0.4) is 0 Å². The summed E-state index contributed by atoms with van der Waals surface area (Å²) in [4.78, 5) is 14.1. The molecule has 0 saturated heterocycles. The van der Waals surface area contributed by atoms with Gasteiger partial charge in [-0.05, 0) is 25.7 Å². The lowest BCUT2D eigenvalue weighted by atomic mass is 9.83. The van der Waals surface area contributed by atoms with Crippen LogP contribution >= 0.6 is 0 Å². The summed E-state index contributed by atoms with van der Waals surface area (Å²) in [5.74, 6) is 0.737. The predicted octanol–water partition coefficient (Wildman–Crippen LogP) is 1.62. The number of carbonyl (C=O) groups excluding carboxylic acids is 1. The summed E-state index contributed by atoms with van der Waals surface area (Å²) in [5, 5.41) is 0. The molecule has 0 aromatic heterocycles. The molecule has 0 aromatic carbocycles. The fourth-order valence-electron chi connectivity index (χ4n) is 2.53. The smallest absolute Gasteiger partial charge is 0.229 e. The summed E-state index contributed by atoms with van der Waals surface area (Å²) < 4.78 is 0. The van der Waals surface area contributed by atoms with Crippen molar-refractivity contribution < 1.29 is 4.79 Å². The van der Waals surface area contributed by atoms with Gasteiger partial charge in [0.05, 0.1) is 5.41 Å². The highest BCUT2D eigenvalue weighted by molar-refractivity contribution is 5.83. The van der Waals surface area contributed by atoms with Gasteiger partial charge < -0.3 is 10.6 Å². The van der Waals surface area contributed by atoms with Gasteiger partial charge in [-0.3, -0.25) is 4.79 Å². The van der Waals surface area contributed by atoms with Crippen LogP contribution in [0.5, 0.6) is 0 Å². The maximum Gasteiger partial charge on any atom is 0.229 e. The van der Waals surface area contributed by atoms with E-state index in [2.05, 4.69) is 13.8 Å². The Hall–Kier alpha value is -0.570. The van der Waals surface area contributed by atoms with Gasteiger partial charge in [0.2, 0.25) is 5.91 Å². The lowest BCUT2D eigenvalue weighted by molar-refractivity contribution is -0.140. The maximum absolute atomic E-state index is 12.3. The van der Waals surface area contributed by atoms with Gasteiger partial charge in [0, 0.05) is 19.6 Å². The highest BCUT2D eigenvalue weighted by Crippen LogP contribution is 2.38. The molecule has 0 bridgehead atoms.